The summed E-state index contributed by atoms with van der Waals surface area (Å²) < 4.78 is 0. The van der Waals surface area contributed by atoms with Gasteiger partial charge in [-0.25, -0.2) is 0 Å². The van der Waals surface area contributed by atoms with Gasteiger partial charge in [0.15, 0.2) is 0 Å². The predicted molar refractivity (Wildman–Crippen MR) is 63.4 cm³/mol. The van der Waals surface area contributed by atoms with E-state index < -0.39 is 11.9 Å². The fraction of sp³-hybridized carbons (Fsp3) is 0.500. The minimum atomic E-state index is -0.764. The lowest BCUT2D eigenvalue weighted by Gasteiger charge is -1.90. The molecule has 16 heavy (non-hydrogen) atoms. The zero-order chi connectivity index (χ0) is 12.8. The Bertz CT molecular complexity index is 221. The Morgan fingerprint density at radius 2 is 1.38 bits per heavy atom. The molecule has 0 radical (unpaired) electrons. The molecule has 0 saturated carbocycles. The Morgan fingerprint density at radius 3 is 1.69 bits per heavy atom. The standard InChI is InChI=1S/C7H12O2.C5H8O2/c1-2-3-4-5-6-7(8)9;1-2-3-4-5(6)7/h2H,1,3-6H2,(H,8,9);2H,1,3-4H2,(H,6,7). The molecule has 0 saturated heterocycles. The Morgan fingerprint density at radius 1 is 0.875 bits per heavy atom. The van der Waals surface area contributed by atoms with Crippen LogP contribution in [0.4, 0.5) is 0 Å². The minimum absolute atomic E-state index is 0.198. The number of allylic oxidation sites excluding steroid dienone is 2. The molecule has 0 aliphatic carbocycles. The Labute approximate surface area is 96.3 Å². The van der Waals surface area contributed by atoms with Crippen LogP contribution in [0.5, 0.6) is 0 Å². The molecule has 0 aromatic heterocycles. The van der Waals surface area contributed by atoms with Crippen LogP contribution < -0.4 is 0 Å². The lowest BCUT2D eigenvalue weighted by Crippen LogP contribution is -1.92. The van der Waals surface area contributed by atoms with Crippen LogP contribution in [0.2, 0.25) is 0 Å². The second-order valence-electron chi connectivity index (χ2n) is 3.15. The molecule has 0 spiro atoms. The predicted octanol–water partition coefficient (Wildman–Crippen LogP) is 2.85. The van der Waals surface area contributed by atoms with Crippen molar-refractivity contribution in [2.75, 3.05) is 0 Å². The number of hydrogen-bond donors (Lipinski definition) is 2. The number of carbonyl (C=O) groups is 2. The molecule has 0 fully saturated rings. The van der Waals surface area contributed by atoms with Crippen molar-refractivity contribution in [3.63, 3.8) is 0 Å². The van der Waals surface area contributed by atoms with Crippen molar-refractivity contribution in [1.82, 2.24) is 0 Å². The van der Waals surface area contributed by atoms with Crippen molar-refractivity contribution in [2.24, 2.45) is 0 Å². The van der Waals surface area contributed by atoms with Crippen LogP contribution in [0, 0.1) is 0 Å². The first-order chi connectivity index (χ1) is 7.54. The van der Waals surface area contributed by atoms with Gasteiger partial charge in [-0.05, 0) is 25.7 Å². The third-order valence-corrected chi connectivity index (χ3v) is 1.61. The maximum Gasteiger partial charge on any atom is 0.303 e. The number of hydrogen-bond acceptors (Lipinski definition) is 2. The Hall–Kier alpha value is -1.58. The van der Waals surface area contributed by atoms with Crippen LogP contribution in [0.3, 0.4) is 0 Å². The highest BCUT2D eigenvalue weighted by Crippen LogP contribution is 1.98. The summed E-state index contributed by atoms with van der Waals surface area (Å²) in [5.41, 5.74) is 0. The van der Waals surface area contributed by atoms with Crippen molar-refractivity contribution in [1.29, 1.82) is 0 Å². The molecule has 0 bridgehead atoms. The molecule has 0 aromatic rings. The topological polar surface area (TPSA) is 74.6 Å². The van der Waals surface area contributed by atoms with Gasteiger partial charge in [0.25, 0.3) is 0 Å². The average Bonchev–Trinajstić information content (AvgIpc) is 2.22. The first kappa shape index (κ1) is 16.8. The van der Waals surface area contributed by atoms with Gasteiger partial charge < -0.3 is 10.2 Å². The smallest absolute Gasteiger partial charge is 0.303 e. The first-order valence-corrected chi connectivity index (χ1v) is 5.20. The summed E-state index contributed by atoms with van der Waals surface area (Å²) in [7, 11) is 0. The van der Waals surface area contributed by atoms with E-state index in [4.69, 9.17) is 10.2 Å². The quantitative estimate of drug-likeness (QED) is 0.495. The van der Waals surface area contributed by atoms with E-state index in [0.29, 0.717) is 6.42 Å². The van der Waals surface area contributed by atoms with Gasteiger partial charge in [-0.1, -0.05) is 12.2 Å². The van der Waals surface area contributed by atoms with Crippen molar-refractivity contribution < 1.29 is 19.8 Å². The molecule has 0 aromatic carbocycles. The van der Waals surface area contributed by atoms with Crippen molar-refractivity contribution in [3.05, 3.63) is 25.3 Å². The summed E-state index contributed by atoms with van der Waals surface area (Å²) in [5.74, 6) is -1.47. The zero-order valence-electron chi connectivity index (χ0n) is 9.52. The third-order valence-electron chi connectivity index (χ3n) is 1.61. The summed E-state index contributed by atoms with van der Waals surface area (Å²) >= 11 is 0. The van der Waals surface area contributed by atoms with Gasteiger partial charge >= 0.3 is 11.9 Å². The summed E-state index contributed by atoms with van der Waals surface area (Å²) in [6.07, 6.45) is 7.08. The summed E-state index contributed by atoms with van der Waals surface area (Å²) in [4.78, 5) is 19.6. The van der Waals surface area contributed by atoms with Gasteiger partial charge in [0.1, 0.15) is 0 Å². The second-order valence-corrected chi connectivity index (χ2v) is 3.15. The van der Waals surface area contributed by atoms with Gasteiger partial charge in [-0.2, -0.15) is 0 Å². The number of carboxylic acid groups (broad SMARTS) is 2. The van der Waals surface area contributed by atoms with E-state index in [1.54, 1.807) is 6.08 Å². The molecule has 0 unspecified atom stereocenters. The van der Waals surface area contributed by atoms with Crippen LogP contribution in [-0.4, -0.2) is 22.2 Å². The van der Waals surface area contributed by atoms with E-state index >= 15 is 0 Å². The van der Waals surface area contributed by atoms with Crippen LogP contribution in [0.15, 0.2) is 25.3 Å². The molecule has 2 N–H and O–H groups in total. The molecule has 0 heterocycles. The van der Waals surface area contributed by atoms with Crippen molar-refractivity contribution in [2.45, 2.75) is 38.5 Å². The van der Waals surface area contributed by atoms with Crippen LogP contribution in [0.25, 0.3) is 0 Å². The molecule has 0 atom stereocenters. The van der Waals surface area contributed by atoms with E-state index in [1.165, 1.54) is 0 Å². The molecule has 0 rings (SSSR count). The normalized spacial score (nSPS) is 8.50. The van der Waals surface area contributed by atoms with E-state index in [9.17, 15) is 9.59 Å². The fourth-order valence-corrected chi connectivity index (χ4v) is 0.790. The largest absolute Gasteiger partial charge is 0.481 e. The van der Waals surface area contributed by atoms with E-state index in [0.717, 1.165) is 19.3 Å². The molecular formula is C12H20O4. The zero-order valence-corrected chi connectivity index (χ0v) is 9.52. The van der Waals surface area contributed by atoms with Gasteiger partial charge in [-0.3, -0.25) is 9.59 Å². The lowest BCUT2D eigenvalue weighted by atomic mass is 10.2. The first-order valence-electron chi connectivity index (χ1n) is 5.20. The highest BCUT2D eigenvalue weighted by atomic mass is 16.4. The summed E-state index contributed by atoms with van der Waals surface area (Å²) in [6, 6.07) is 0. The van der Waals surface area contributed by atoms with Crippen LogP contribution >= 0.6 is 0 Å². The fourth-order valence-electron chi connectivity index (χ4n) is 0.790. The molecule has 0 aliphatic heterocycles. The van der Waals surface area contributed by atoms with E-state index in [-0.39, 0.29) is 12.8 Å². The van der Waals surface area contributed by atoms with E-state index in [2.05, 4.69) is 13.2 Å². The van der Waals surface area contributed by atoms with Crippen molar-refractivity contribution >= 4 is 11.9 Å². The molecule has 92 valence electrons. The average molecular weight is 228 g/mol. The Kier molecular flexibility index (Phi) is 14.1. The molecule has 0 aliphatic rings. The number of rotatable bonds is 8. The molecular weight excluding hydrogens is 208 g/mol. The minimum Gasteiger partial charge on any atom is -0.481 e. The lowest BCUT2D eigenvalue weighted by molar-refractivity contribution is -0.138. The molecule has 0 amide bonds. The number of unbranched alkanes of at least 4 members (excludes halogenated alkanes) is 2. The third kappa shape index (κ3) is 22.8. The van der Waals surface area contributed by atoms with Gasteiger partial charge in [0.2, 0.25) is 0 Å². The second kappa shape index (κ2) is 13.4. The van der Waals surface area contributed by atoms with Crippen LogP contribution in [0.1, 0.15) is 38.5 Å². The summed E-state index contributed by atoms with van der Waals surface area (Å²) in [5, 5.41) is 16.2. The van der Waals surface area contributed by atoms with Crippen molar-refractivity contribution in [3.8, 4) is 0 Å². The maximum absolute atomic E-state index is 9.94. The highest BCUT2D eigenvalue weighted by Gasteiger charge is 1.93. The summed E-state index contributed by atoms with van der Waals surface area (Å²) in [6.45, 7) is 6.90. The van der Waals surface area contributed by atoms with Gasteiger partial charge in [0.05, 0.1) is 0 Å². The van der Waals surface area contributed by atoms with Gasteiger partial charge in [0, 0.05) is 12.8 Å². The Balaban J connectivity index is 0. The maximum atomic E-state index is 9.94. The number of carboxylic acids is 2. The molecule has 4 nitrogen and oxygen atoms in total. The SMILES string of the molecule is C=CCCC(=O)O.C=CCCCCC(=O)O. The highest BCUT2D eigenvalue weighted by molar-refractivity contribution is 5.66. The monoisotopic (exact) mass is 228 g/mol. The van der Waals surface area contributed by atoms with Crippen LogP contribution in [-0.2, 0) is 9.59 Å². The van der Waals surface area contributed by atoms with Gasteiger partial charge in [-0.15, -0.1) is 13.2 Å². The molecule has 4 heteroatoms. The number of aliphatic carboxylic acids is 2. The van der Waals surface area contributed by atoms with E-state index in [1.807, 2.05) is 6.08 Å².